The Labute approximate surface area is 199 Å². The van der Waals surface area contributed by atoms with Crippen LogP contribution in [0.2, 0.25) is 0 Å². The Bertz CT molecular complexity index is 801. The fourth-order valence-electron chi connectivity index (χ4n) is 2.72. The van der Waals surface area contributed by atoms with Gasteiger partial charge in [-0.15, -0.1) is 0 Å². The highest BCUT2D eigenvalue weighted by Gasteiger charge is 2.37. The molecule has 3 atom stereocenters. The van der Waals surface area contributed by atoms with Gasteiger partial charge in [0.1, 0.15) is 10.8 Å². The summed E-state index contributed by atoms with van der Waals surface area (Å²) in [5.41, 5.74) is -0.468. The predicted octanol–water partition coefficient (Wildman–Crippen LogP) is 1.83. The number of esters is 1. The normalized spacial score (nSPS) is 14.0. The Kier molecular flexibility index (Phi) is 12.1. The van der Waals surface area contributed by atoms with Crippen molar-refractivity contribution in [3.8, 4) is 0 Å². The Morgan fingerprint density at radius 3 is 2.30 bits per heavy atom. The molecule has 9 nitrogen and oxygen atoms in total. The number of nitrogens with one attached hydrogen (secondary N) is 2. The highest BCUT2D eigenvalue weighted by molar-refractivity contribution is 8.14. The van der Waals surface area contributed by atoms with E-state index in [2.05, 4.69) is 10.6 Å². The zero-order valence-corrected chi connectivity index (χ0v) is 20.8. The second-order valence-electron chi connectivity index (χ2n) is 7.86. The van der Waals surface area contributed by atoms with E-state index in [-0.39, 0.29) is 24.9 Å². The Hall–Kier alpha value is -2.43. The molecule has 1 aromatic carbocycles. The van der Waals surface area contributed by atoms with Crippen LogP contribution >= 0.6 is 11.8 Å². The maximum absolute atomic E-state index is 12.9. The maximum atomic E-state index is 12.9. The number of amides is 2. The molecule has 0 aliphatic rings. The van der Waals surface area contributed by atoms with E-state index in [4.69, 9.17) is 14.2 Å². The van der Waals surface area contributed by atoms with E-state index in [1.165, 1.54) is 27.9 Å². The van der Waals surface area contributed by atoms with Crippen molar-refractivity contribution in [1.29, 1.82) is 0 Å². The van der Waals surface area contributed by atoms with Crippen molar-refractivity contribution in [2.45, 2.75) is 64.2 Å². The molecule has 0 saturated heterocycles. The standard InChI is InChI=1S/C23H34N2O7S/c1-7-32-21(28)18(14-31-13-17-11-9-8-10-12-17)24-22(29)23(4,5)25-20(27)19(15(2)30-6)33-16(3)26/h8-12,15,18-19H,7,13-14H2,1-6H3,(H,24,29)(H,25,27). The molecule has 1 rings (SSSR count). The molecule has 33 heavy (non-hydrogen) atoms. The second-order valence-corrected chi connectivity index (χ2v) is 9.18. The average molecular weight is 483 g/mol. The van der Waals surface area contributed by atoms with Crippen molar-refractivity contribution in [1.82, 2.24) is 10.6 Å². The molecule has 0 aromatic heterocycles. The fourth-order valence-corrected chi connectivity index (χ4v) is 3.55. The van der Waals surface area contributed by atoms with Crippen LogP contribution in [0.15, 0.2) is 30.3 Å². The van der Waals surface area contributed by atoms with E-state index in [1.807, 2.05) is 30.3 Å². The van der Waals surface area contributed by atoms with E-state index < -0.39 is 40.7 Å². The number of carbonyl (C=O) groups is 4. The molecule has 0 spiro atoms. The summed E-state index contributed by atoms with van der Waals surface area (Å²) >= 11 is 0.825. The molecule has 0 saturated carbocycles. The lowest BCUT2D eigenvalue weighted by Crippen LogP contribution is -2.60. The van der Waals surface area contributed by atoms with Crippen molar-refractivity contribution in [3.63, 3.8) is 0 Å². The van der Waals surface area contributed by atoms with E-state index in [9.17, 15) is 19.2 Å². The van der Waals surface area contributed by atoms with Crippen LogP contribution in [-0.4, -0.2) is 66.2 Å². The summed E-state index contributed by atoms with van der Waals surface area (Å²) in [6.45, 7) is 7.97. The summed E-state index contributed by atoms with van der Waals surface area (Å²) in [6, 6.07) is 8.33. The van der Waals surface area contributed by atoms with Crippen LogP contribution in [0.5, 0.6) is 0 Å². The van der Waals surface area contributed by atoms with Crippen molar-refractivity contribution in [2.75, 3.05) is 20.3 Å². The number of benzene rings is 1. The topological polar surface area (TPSA) is 120 Å². The number of thioether (sulfide) groups is 1. The van der Waals surface area contributed by atoms with E-state index >= 15 is 0 Å². The number of ether oxygens (including phenoxy) is 3. The van der Waals surface area contributed by atoms with Gasteiger partial charge >= 0.3 is 5.97 Å². The number of rotatable bonds is 13. The third kappa shape index (κ3) is 9.93. The van der Waals surface area contributed by atoms with Gasteiger partial charge in [-0.2, -0.15) is 0 Å². The second kappa shape index (κ2) is 14.0. The van der Waals surface area contributed by atoms with Crippen molar-refractivity contribution in [3.05, 3.63) is 35.9 Å². The molecule has 0 fully saturated rings. The molecule has 2 N–H and O–H groups in total. The summed E-state index contributed by atoms with van der Waals surface area (Å²) in [5.74, 6) is -1.77. The molecular formula is C23H34N2O7S. The minimum atomic E-state index is -1.38. The van der Waals surface area contributed by atoms with Gasteiger partial charge in [0.15, 0.2) is 11.2 Å². The fraction of sp³-hybridized carbons (Fsp3) is 0.565. The van der Waals surface area contributed by atoms with Crippen LogP contribution < -0.4 is 10.6 Å². The largest absolute Gasteiger partial charge is 0.464 e. The van der Waals surface area contributed by atoms with Crippen molar-refractivity contribution < 1.29 is 33.4 Å². The van der Waals surface area contributed by atoms with Gasteiger partial charge in [-0.05, 0) is 33.3 Å². The predicted molar refractivity (Wildman–Crippen MR) is 125 cm³/mol. The molecule has 0 aliphatic carbocycles. The lowest BCUT2D eigenvalue weighted by Gasteiger charge is -2.30. The third-order valence-corrected chi connectivity index (χ3v) is 5.81. The monoisotopic (exact) mass is 482 g/mol. The van der Waals surface area contributed by atoms with Gasteiger partial charge in [0, 0.05) is 14.0 Å². The first-order chi connectivity index (χ1) is 15.5. The zero-order chi connectivity index (χ0) is 25.0. The number of methoxy groups -OCH3 is 1. The van der Waals surface area contributed by atoms with Crippen molar-refractivity contribution >= 4 is 34.7 Å². The molecule has 10 heteroatoms. The van der Waals surface area contributed by atoms with Crippen LogP contribution in [0.1, 0.15) is 40.2 Å². The molecule has 0 bridgehead atoms. The van der Waals surface area contributed by atoms with Gasteiger partial charge in [0.05, 0.1) is 25.9 Å². The summed E-state index contributed by atoms with van der Waals surface area (Å²) in [5, 5.41) is 4.15. The van der Waals surface area contributed by atoms with E-state index in [0.29, 0.717) is 0 Å². The van der Waals surface area contributed by atoms with Gasteiger partial charge in [0.2, 0.25) is 11.8 Å². The van der Waals surface area contributed by atoms with Gasteiger partial charge in [-0.1, -0.05) is 42.1 Å². The van der Waals surface area contributed by atoms with Crippen LogP contribution in [-0.2, 0) is 40.0 Å². The molecule has 184 valence electrons. The summed E-state index contributed by atoms with van der Waals surface area (Å²) in [7, 11) is 1.43. The van der Waals surface area contributed by atoms with Gasteiger partial charge in [0.25, 0.3) is 0 Å². The molecule has 0 heterocycles. The first kappa shape index (κ1) is 28.6. The maximum Gasteiger partial charge on any atom is 0.331 e. The first-order valence-electron chi connectivity index (χ1n) is 10.6. The SMILES string of the molecule is CCOC(=O)C(COCc1ccccc1)NC(=O)C(C)(C)NC(=O)C(SC(C)=O)C(C)OC. The lowest BCUT2D eigenvalue weighted by molar-refractivity contribution is -0.150. The highest BCUT2D eigenvalue weighted by atomic mass is 32.2. The summed E-state index contributed by atoms with van der Waals surface area (Å²) in [6.07, 6.45) is -0.559. The smallest absolute Gasteiger partial charge is 0.331 e. The number of hydrogen-bond donors (Lipinski definition) is 2. The molecular weight excluding hydrogens is 448 g/mol. The first-order valence-corrected chi connectivity index (χ1v) is 11.5. The summed E-state index contributed by atoms with van der Waals surface area (Å²) < 4.78 is 15.9. The Morgan fingerprint density at radius 1 is 1.12 bits per heavy atom. The van der Waals surface area contributed by atoms with Gasteiger partial charge < -0.3 is 24.8 Å². The Balaban J connectivity index is 2.84. The van der Waals surface area contributed by atoms with E-state index in [0.717, 1.165) is 17.3 Å². The quantitative estimate of drug-likeness (QED) is 0.409. The number of hydrogen-bond acceptors (Lipinski definition) is 8. The van der Waals surface area contributed by atoms with Crippen molar-refractivity contribution in [2.24, 2.45) is 0 Å². The van der Waals surface area contributed by atoms with Gasteiger partial charge in [-0.3, -0.25) is 14.4 Å². The molecule has 0 aliphatic heterocycles. The van der Waals surface area contributed by atoms with Gasteiger partial charge in [-0.25, -0.2) is 4.79 Å². The highest BCUT2D eigenvalue weighted by Crippen LogP contribution is 2.19. The van der Waals surface area contributed by atoms with Crippen LogP contribution in [0.4, 0.5) is 0 Å². The lowest BCUT2D eigenvalue weighted by atomic mass is 10.0. The molecule has 2 amide bonds. The average Bonchev–Trinajstić information content (AvgIpc) is 2.76. The van der Waals surface area contributed by atoms with E-state index in [1.54, 1.807) is 13.8 Å². The number of carbonyl (C=O) groups excluding carboxylic acids is 4. The zero-order valence-electron chi connectivity index (χ0n) is 20.0. The molecule has 1 aromatic rings. The van der Waals surface area contributed by atoms with Crippen LogP contribution in [0, 0.1) is 0 Å². The van der Waals surface area contributed by atoms with Crippen LogP contribution in [0.25, 0.3) is 0 Å². The Morgan fingerprint density at radius 2 is 1.76 bits per heavy atom. The third-order valence-electron chi connectivity index (χ3n) is 4.63. The minimum absolute atomic E-state index is 0.104. The summed E-state index contributed by atoms with van der Waals surface area (Å²) in [4.78, 5) is 49.6. The molecule has 0 radical (unpaired) electrons. The van der Waals surface area contributed by atoms with Crippen LogP contribution in [0.3, 0.4) is 0 Å². The molecule has 3 unspecified atom stereocenters. The minimum Gasteiger partial charge on any atom is -0.464 e.